The third-order valence-electron chi connectivity index (χ3n) is 3.58. The number of carboxylic acid groups (broad SMARTS) is 1. The molecule has 7 heteroatoms. The van der Waals surface area contributed by atoms with Gasteiger partial charge in [0, 0.05) is 17.8 Å². The molecule has 2 aromatic rings. The number of hydrogen-bond donors (Lipinski definition) is 2. The molecule has 1 amide bonds. The summed E-state index contributed by atoms with van der Waals surface area (Å²) in [6, 6.07) is 9.26. The quantitative estimate of drug-likeness (QED) is 0.750. The molecule has 26 heavy (non-hydrogen) atoms. The van der Waals surface area contributed by atoms with Gasteiger partial charge in [-0.1, -0.05) is 6.92 Å². The molecule has 0 aromatic heterocycles. The summed E-state index contributed by atoms with van der Waals surface area (Å²) >= 11 is 0. The molecule has 0 saturated carbocycles. The first-order chi connectivity index (χ1) is 12.5. The summed E-state index contributed by atoms with van der Waals surface area (Å²) in [5, 5.41) is 11.8. The van der Waals surface area contributed by atoms with Crippen molar-refractivity contribution in [2.24, 2.45) is 0 Å². The molecule has 0 aliphatic rings. The summed E-state index contributed by atoms with van der Waals surface area (Å²) < 4.78 is 15.9. The van der Waals surface area contributed by atoms with Crippen LogP contribution in [0.2, 0.25) is 0 Å². The molecule has 0 spiro atoms. The highest BCUT2D eigenvalue weighted by molar-refractivity contribution is 6.06. The number of carboxylic acids is 1. The van der Waals surface area contributed by atoms with E-state index in [2.05, 4.69) is 5.32 Å². The fourth-order valence-corrected chi connectivity index (χ4v) is 2.29. The average Bonchev–Trinajstić information content (AvgIpc) is 2.65. The minimum Gasteiger partial charge on any atom is -0.497 e. The third kappa shape index (κ3) is 4.44. The zero-order valence-electron chi connectivity index (χ0n) is 14.9. The molecule has 138 valence electrons. The zero-order valence-corrected chi connectivity index (χ0v) is 14.9. The van der Waals surface area contributed by atoms with Crippen molar-refractivity contribution in [3.05, 3.63) is 47.5 Å². The first-order valence-electron chi connectivity index (χ1n) is 8.03. The van der Waals surface area contributed by atoms with Gasteiger partial charge in [0.05, 0.1) is 26.4 Å². The lowest BCUT2D eigenvalue weighted by Gasteiger charge is -2.13. The maximum absolute atomic E-state index is 12.6. The second-order valence-corrected chi connectivity index (χ2v) is 5.38. The lowest BCUT2D eigenvalue weighted by molar-refractivity contribution is 0.0693. The number of hydrogen-bond acceptors (Lipinski definition) is 5. The molecular formula is C19H21NO6. The van der Waals surface area contributed by atoms with Gasteiger partial charge in [0.15, 0.2) is 0 Å². The second-order valence-electron chi connectivity index (χ2n) is 5.38. The van der Waals surface area contributed by atoms with Crippen LogP contribution >= 0.6 is 0 Å². The lowest BCUT2D eigenvalue weighted by atomic mass is 10.1. The summed E-state index contributed by atoms with van der Waals surface area (Å²) in [6.45, 7) is 2.44. The van der Waals surface area contributed by atoms with Crippen molar-refractivity contribution in [3.8, 4) is 17.2 Å². The fourth-order valence-electron chi connectivity index (χ4n) is 2.29. The van der Waals surface area contributed by atoms with Crippen LogP contribution in [-0.2, 0) is 0 Å². The van der Waals surface area contributed by atoms with Gasteiger partial charge in [-0.25, -0.2) is 4.79 Å². The summed E-state index contributed by atoms with van der Waals surface area (Å²) in [5.74, 6) is -0.334. The Hall–Kier alpha value is -3.22. The van der Waals surface area contributed by atoms with Crippen LogP contribution in [0.5, 0.6) is 17.2 Å². The van der Waals surface area contributed by atoms with E-state index in [9.17, 15) is 9.59 Å². The summed E-state index contributed by atoms with van der Waals surface area (Å²) in [6.07, 6.45) is 0.798. The molecule has 0 saturated heterocycles. The Kier molecular flexibility index (Phi) is 6.43. The number of benzene rings is 2. The van der Waals surface area contributed by atoms with Crippen LogP contribution in [0.25, 0.3) is 0 Å². The van der Waals surface area contributed by atoms with Crippen molar-refractivity contribution in [2.45, 2.75) is 13.3 Å². The average molecular weight is 359 g/mol. The number of carbonyl (C=O) groups is 2. The van der Waals surface area contributed by atoms with Crippen LogP contribution in [0.4, 0.5) is 5.69 Å². The first-order valence-corrected chi connectivity index (χ1v) is 8.03. The SMILES string of the molecule is CCCOc1cc(OC)ccc1C(=O)Nc1ccc(C(=O)O)c(OC)c1. The first kappa shape index (κ1) is 19.1. The molecule has 0 bridgehead atoms. The largest absolute Gasteiger partial charge is 0.497 e. The number of anilines is 1. The van der Waals surface area contributed by atoms with E-state index >= 15 is 0 Å². The normalized spacial score (nSPS) is 10.1. The van der Waals surface area contributed by atoms with Crippen LogP contribution in [0.15, 0.2) is 36.4 Å². The Labute approximate surface area is 151 Å². The van der Waals surface area contributed by atoms with Crippen molar-refractivity contribution in [1.29, 1.82) is 0 Å². The van der Waals surface area contributed by atoms with Crippen molar-refractivity contribution < 1.29 is 28.9 Å². The molecule has 0 unspecified atom stereocenters. The molecule has 0 aliphatic heterocycles. The lowest BCUT2D eigenvalue weighted by Crippen LogP contribution is -2.14. The van der Waals surface area contributed by atoms with Gasteiger partial charge in [0.2, 0.25) is 0 Å². The molecule has 2 rings (SSSR count). The number of carbonyl (C=O) groups excluding carboxylic acids is 1. The van der Waals surface area contributed by atoms with Gasteiger partial charge < -0.3 is 24.6 Å². The summed E-state index contributed by atoms with van der Waals surface area (Å²) in [5.41, 5.74) is 0.775. The van der Waals surface area contributed by atoms with E-state index < -0.39 is 5.97 Å². The van der Waals surface area contributed by atoms with E-state index in [0.29, 0.717) is 29.4 Å². The maximum atomic E-state index is 12.6. The molecule has 0 heterocycles. The smallest absolute Gasteiger partial charge is 0.339 e. The van der Waals surface area contributed by atoms with E-state index in [4.69, 9.17) is 19.3 Å². The Balaban J connectivity index is 2.28. The van der Waals surface area contributed by atoms with Gasteiger partial charge in [-0.3, -0.25) is 4.79 Å². The van der Waals surface area contributed by atoms with Gasteiger partial charge in [-0.05, 0) is 30.7 Å². The van der Waals surface area contributed by atoms with Crippen molar-refractivity contribution >= 4 is 17.6 Å². The van der Waals surface area contributed by atoms with Gasteiger partial charge in [0.25, 0.3) is 5.91 Å². The highest BCUT2D eigenvalue weighted by Crippen LogP contribution is 2.27. The van der Waals surface area contributed by atoms with Crippen LogP contribution < -0.4 is 19.5 Å². The van der Waals surface area contributed by atoms with E-state index in [0.717, 1.165) is 6.42 Å². The van der Waals surface area contributed by atoms with Crippen LogP contribution in [-0.4, -0.2) is 37.8 Å². The highest BCUT2D eigenvalue weighted by Gasteiger charge is 2.16. The maximum Gasteiger partial charge on any atom is 0.339 e. The predicted octanol–water partition coefficient (Wildman–Crippen LogP) is 3.44. The molecule has 2 N–H and O–H groups in total. The minimum atomic E-state index is -1.11. The van der Waals surface area contributed by atoms with Gasteiger partial charge in [-0.15, -0.1) is 0 Å². The van der Waals surface area contributed by atoms with Crippen molar-refractivity contribution in [1.82, 2.24) is 0 Å². The molecule has 0 radical (unpaired) electrons. The molecule has 2 aromatic carbocycles. The van der Waals surface area contributed by atoms with Gasteiger partial charge in [-0.2, -0.15) is 0 Å². The molecule has 0 fully saturated rings. The molecule has 0 aliphatic carbocycles. The van der Waals surface area contributed by atoms with E-state index in [1.165, 1.54) is 32.4 Å². The summed E-state index contributed by atoms with van der Waals surface area (Å²) in [4.78, 5) is 23.8. The highest BCUT2D eigenvalue weighted by atomic mass is 16.5. The van der Waals surface area contributed by atoms with E-state index in [-0.39, 0.29) is 17.2 Å². The number of rotatable bonds is 8. The fraction of sp³-hybridized carbons (Fsp3) is 0.263. The van der Waals surface area contributed by atoms with Gasteiger partial charge in [0.1, 0.15) is 22.8 Å². The summed E-state index contributed by atoms with van der Waals surface area (Å²) in [7, 11) is 2.91. The van der Waals surface area contributed by atoms with Gasteiger partial charge >= 0.3 is 5.97 Å². The van der Waals surface area contributed by atoms with Crippen LogP contribution in [0.3, 0.4) is 0 Å². The molecule has 0 atom stereocenters. The molecule has 7 nitrogen and oxygen atoms in total. The number of aromatic carboxylic acids is 1. The van der Waals surface area contributed by atoms with Crippen LogP contribution in [0, 0.1) is 0 Å². The standard InChI is InChI=1S/C19H21NO6/c1-4-9-26-17-11-13(24-2)6-8-14(17)18(21)20-12-5-7-15(19(22)23)16(10-12)25-3/h5-8,10-11H,4,9H2,1-3H3,(H,20,21)(H,22,23). The second kappa shape index (κ2) is 8.75. The zero-order chi connectivity index (χ0) is 19.1. The van der Waals surface area contributed by atoms with Crippen molar-refractivity contribution in [3.63, 3.8) is 0 Å². The third-order valence-corrected chi connectivity index (χ3v) is 3.58. The minimum absolute atomic E-state index is 0.0157. The van der Waals surface area contributed by atoms with Crippen LogP contribution in [0.1, 0.15) is 34.1 Å². The van der Waals surface area contributed by atoms with E-state index in [1.807, 2.05) is 6.92 Å². The number of methoxy groups -OCH3 is 2. The van der Waals surface area contributed by atoms with Crippen molar-refractivity contribution in [2.75, 3.05) is 26.1 Å². The Morgan fingerprint density at radius 3 is 2.35 bits per heavy atom. The Bertz CT molecular complexity index is 803. The molecular weight excluding hydrogens is 338 g/mol. The number of nitrogens with one attached hydrogen (secondary N) is 1. The number of amides is 1. The Morgan fingerprint density at radius 1 is 1.00 bits per heavy atom. The van der Waals surface area contributed by atoms with E-state index in [1.54, 1.807) is 18.2 Å². The number of ether oxygens (including phenoxy) is 3. The predicted molar refractivity (Wildman–Crippen MR) is 96.7 cm³/mol. The monoisotopic (exact) mass is 359 g/mol. The topological polar surface area (TPSA) is 94.1 Å². The Morgan fingerprint density at radius 2 is 1.73 bits per heavy atom.